The lowest BCUT2D eigenvalue weighted by molar-refractivity contribution is 0.204. The molecule has 0 aliphatic carbocycles. The SMILES string of the molecule is CCNC(=NCc1cccc(S(=O)(=O)NCCOC)c1)NCC1(C)CCCS1.I. The monoisotopic (exact) mass is 556 g/mol. The van der Waals surface area contributed by atoms with E-state index in [-0.39, 0.29) is 40.2 Å². The van der Waals surface area contributed by atoms with Crippen LogP contribution >= 0.6 is 35.7 Å². The summed E-state index contributed by atoms with van der Waals surface area (Å²) in [4.78, 5) is 4.86. The summed E-state index contributed by atoms with van der Waals surface area (Å²) in [5.41, 5.74) is 0.841. The number of benzene rings is 1. The highest BCUT2D eigenvalue weighted by atomic mass is 127. The van der Waals surface area contributed by atoms with Crippen molar-refractivity contribution in [1.29, 1.82) is 0 Å². The molecule has 1 aliphatic heterocycles. The van der Waals surface area contributed by atoms with Gasteiger partial charge in [0, 0.05) is 31.5 Å². The number of guanidine groups is 1. The third kappa shape index (κ3) is 8.99. The topological polar surface area (TPSA) is 91.8 Å². The van der Waals surface area contributed by atoms with Crippen LogP contribution in [0.2, 0.25) is 0 Å². The highest BCUT2D eigenvalue weighted by molar-refractivity contribution is 14.0. The van der Waals surface area contributed by atoms with E-state index in [2.05, 4.69) is 27.3 Å². The van der Waals surface area contributed by atoms with Gasteiger partial charge in [0.05, 0.1) is 18.0 Å². The fourth-order valence-corrected chi connectivity index (χ4v) is 5.26. The minimum atomic E-state index is -3.55. The molecule has 1 aromatic rings. The molecule has 7 nitrogen and oxygen atoms in total. The molecule has 0 bridgehead atoms. The molecule has 1 aromatic carbocycles. The number of methoxy groups -OCH3 is 1. The molecule has 1 heterocycles. The molecule has 10 heteroatoms. The van der Waals surface area contributed by atoms with Crippen LogP contribution in [0, 0.1) is 0 Å². The standard InChI is InChI=1S/C19H32N4O3S2.HI/c1-4-20-18(22-15-19(2)9-6-12-27-19)21-14-16-7-5-8-17(13-16)28(24,25)23-10-11-26-3;/h5,7-8,13,23H,4,6,9-12,14-15H2,1-3H3,(H2,20,21,22);1H. The van der Waals surface area contributed by atoms with Gasteiger partial charge in [-0.3, -0.25) is 0 Å². The van der Waals surface area contributed by atoms with Crippen LogP contribution < -0.4 is 15.4 Å². The Balaban J connectivity index is 0.00000420. The van der Waals surface area contributed by atoms with Crippen LogP contribution in [0.5, 0.6) is 0 Å². The summed E-state index contributed by atoms with van der Waals surface area (Å²) < 4.78 is 32.4. The molecule has 2 rings (SSSR count). The van der Waals surface area contributed by atoms with E-state index in [1.165, 1.54) is 25.7 Å². The Labute approximate surface area is 196 Å². The van der Waals surface area contributed by atoms with E-state index in [4.69, 9.17) is 4.74 Å². The summed E-state index contributed by atoms with van der Waals surface area (Å²) in [6, 6.07) is 6.88. The molecule has 0 aromatic heterocycles. The van der Waals surface area contributed by atoms with Crippen molar-refractivity contribution in [1.82, 2.24) is 15.4 Å². The van der Waals surface area contributed by atoms with Crippen molar-refractivity contribution in [3.63, 3.8) is 0 Å². The Morgan fingerprint density at radius 1 is 1.34 bits per heavy atom. The van der Waals surface area contributed by atoms with Gasteiger partial charge in [0.25, 0.3) is 0 Å². The first-order valence-corrected chi connectivity index (χ1v) is 12.1. The van der Waals surface area contributed by atoms with Crippen molar-refractivity contribution >= 4 is 51.7 Å². The van der Waals surface area contributed by atoms with E-state index in [1.54, 1.807) is 18.2 Å². The van der Waals surface area contributed by atoms with E-state index in [1.807, 2.05) is 24.8 Å². The Kier molecular flexibility index (Phi) is 11.9. The van der Waals surface area contributed by atoms with Crippen LogP contribution in [0.25, 0.3) is 0 Å². The molecule has 29 heavy (non-hydrogen) atoms. The summed E-state index contributed by atoms with van der Waals surface area (Å²) in [5.74, 6) is 1.97. The van der Waals surface area contributed by atoms with Crippen LogP contribution in [-0.4, -0.2) is 58.2 Å². The normalized spacial score (nSPS) is 19.6. The zero-order chi connectivity index (χ0) is 20.5. The second kappa shape index (κ2) is 13.0. The maximum absolute atomic E-state index is 12.4. The Morgan fingerprint density at radius 2 is 2.14 bits per heavy atom. The molecule has 0 spiro atoms. The predicted octanol–water partition coefficient (Wildman–Crippen LogP) is 2.57. The molecule has 0 amide bonds. The van der Waals surface area contributed by atoms with Crippen molar-refractivity contribution in [2.24, 2.45) is 4.99 Å². The molecule has 1 fully saturated rings. The Bertz CT molecular complexity index is 754. The van der Waals surface area contributed by atoms with Crippen LogP contribution in [0.15, 0.2) is 34.2 Å². The van der Waals surface area contributed by atoms with Crippen molar-refractivity contribution in [3.05, 3.63) is 29.8 Å². The van der Waals surface area contributed by atoms with Gasteiger partial charge in [-0.2, -0.15) is 11.8 Å². The molecule has 1 unspecified atom stereocenters. The maximum Gasteiger partial charge on any atom is 0.240 e. The molecular formula is C19H33IN4O3S2. The lowest BCUT2D eigenvalue weighted by Crippen LogP contribution is -2.43. The number of hydrogen-bond acceptors (Lipinski definition) is 5. The third-order valence-corrected chi connectivity index (χ3v) is 7.50. The first-order chi connectivity index (χ1) is 13.4. The minimum Gasteiger partial charge on any atom is -0.383 e. The molecule has 0 saturated carbocycles. The lowest BCUT2D eigenvalue weighted by atomic mass is 10.1. The van der Waals surface area contributed by atoms with Gasteiger partial charge in [-0.1, -0.05) is 12.1 Å². The number of hydrogen-bond donors (Lipinski definition) is 3. The van der Waals surface area contributed by atoms with Gasteiger partial charge in [0.2, 0.25) is 10.0 Å². The Morgan fingerprint density at radius 3 is 2.79 bits per heavy atom. The first kappa shape index (κ1) is 26.5. The summed E-state index contributed by atoms with van der Waals surface area (Å²) in [6.45, 7) is 6.92. The number of halogens is 1. The third-order valence-electron chi connectivity index (χ3n) is 4.50. The van der Waals surface area contributed by atoms with Crippen molar-refractivity contribution in [3.8, 4) is 0 Å². The second-order valence-corrected chi connectivity index (χ2v) is 10.4. The molecule has 3 N–H and O–H groups in total. The van der Waals surface area contributed by atoms with Gasteiger partial charge < -0.3 is 15.4 Å². The van der Waals surface area contributed by atoms with Crippen molar-refractivity contribution in [2.45, 2.75) is 42.9 Å². The highest BCUT2D eigenvalue weighted by Gasteiger charge is 2.29. The van der Waals surface area contributed by atoms with E-state index >= 15 is 0 Å². The van der Waals surface area contributed by atoms with E-state index in [0.717, 1.165) is 24.6 Å². The van der Waals surface area contributed by atoms with E-state index in [9.17, 15) is 8.42 Å². The summed E-state index contributed by atoms with van der Waals surface area (Å²) >= 11 is 2.00. The van der Waals surface area contributed by atoms with E-state index in [0.29, 0.717) is 13.2 Å². The average Bonchev–Trinajstić information content (AvgIpc) is 3.11. The molecule has 1 aliphatic rings. The zero-order valence-corrected chi connectivity index (χ0v) is 21.3. The Hall–Kier alpha value is -0.560. The lowest BCUT2D eigenvalue weighted by Gasteiger charge is -2.24. The predicted molar refractivity (Wildman–Crippen MR) is 132 cm³/mol. The number of rotatable bonds is 10. The van der Waals surface area contributed by atoms with E-state index < -0.39 is 10.0 Å². The van der Waals surface area contributed by atoms with Crippen molar-refractivity contribution in [2.75, 3.05) is 39.1 Å². The van der Waals surface area contributed by atoms with Crippen LogP contribution in [-0.2, 0) is 21.3 Å². The summed E-state index contributed by atoms with van der Waals surface area (Å²) in [6.07, 6.45) is 2.47. The molecule has 0 radical (unpaired) electrons. The fourth-order valence-electron chi connectivity index (χ4n) is 2.93. The molecule has 166 valence electrons. The van der Waals surface area contributed by atoms with Crippen LogP contribution in [0.3, 0.4) is 0 Å². The fraction of sp³-hybridized carbons (Fsp3) is 0.632. The number of thioether (sulfide) groups is 1. The highest BCUT2D eigenvalue weighted by Crippen LogP contribution is 2.36. The quantitative estimate of drug-likeness (QED) is 0.178. The summed E-state index contributed by atoms with van der Waals surface area (Å²) in [7, 11) is -2.01. The number of nitrogens with zero attached hydrogens (tertiary/aromatic N) is 1. The minimum absolute atomic E-state index is 0. The molecular weight excluding hydrogens is 523 g/mol. The van der Waals surface area contributed by atoms with Gasteiger partial charge in [-0.25, -0.2) is 18.1 Å². The number of aliphatic imine (C=N–C) groups is 1. The number of sulfonamides is 1. The summed E-state index contributed by atoms with van der Waals surface area (Å²) in [5, 5.41) is 6.68. The van der Waals surface area contributed by atoms with Gasteiger partial charge in [0.15, 0.2) is 5.96 Å². The van der Waals surface area contributed by atoms with Gasteiger partial charge in [-0.05, 0) is 50.1 Å². The zero-order valence-electron chi connectivity index (χ0n) is 17.4. The van der Waals surface area contributed by atoms with Gasteiger partial charge in [0.1, 0.15) is 0 Å². The maximum atomic E-state index is 12.4. The molecule has 1 saturated heterocycles. The second-order valence-electron chi connectivity index (χ2n) is 6.99. The van der Waals surface area contributed by atoms with Gasteiger partial charge in [-0.15, -0.1) is 24.0 Å². The average molecular weight is 557 g/mol. The van der Waals surface area contributed by atoms with Crippen LogP contribution in [0.4, 0.5) is 0 Å². The van der Waals surface area contributed by atoms with Gasteiger partial charge >= 0.3 is 0 Å². The smallest absolute Gasteiger partial charge is 0.240 e. The van der Waals surface area contributed by atoms with Crippen LogP contribution in [0.1, 0.15) is 32.3 Å². The largest absolute Gasteiger partial charge is 0.383 e. The first-order valence-electron chi connectivity index (χ1n) is 9.62. The van der Waals surface area contributed by atoms with Crippen molar-refractivity contribution < 1.29 is 13.2 Å². The number of ether oxygens (including phenoxy) is 1. The number of nitrogens with one attached hydrogen (secondary N) is 3. The molecule has 1 atom stereocenters.